The summed E-state index contributed by atoms with van der Waals surface area (Å²) in [7, 11) is 0. The van der Waals surface area contributed by atoms with E-state index in [1.807, 2.05) is 19.1 Å². The van der Waals surface area contributed by atoms with Crippen LogP contribution in [0.15, 0.2) is 30.3 Å². The summed E-state index contributed by atoms with van der Waals surface area (Å²) in [6.45, 7) is 1.91. The Morgan fingerprint density at radius 3 is 2.57 bits per heavy atom. The van der Waals surface area contributed by atoms with Gasteiger partial charge in [0.05, 0.1) is 6.04 Å². The first-order valence-corrected chi connectivity index (χ1v) is 6.78. The van der Waals surface area contributed by atoms with Gasteiger partial charge in [0.25, 0.3) is 12.3 Å². The Morgan fingerprint density at radius 1 is 1.38 bits per heavy atom. The number of H-pyrrole nitrogens is 1. The molecule has 0 saturated carbocycles. The average molecular weight is 314 g/mol. The lowest BCUT2D eigenvalue weighted by Gasteiger charge is -2.16. The Bertz CT molecular complexity index is 613. The maximum absolute atomic E-state index is 12.5. The summed E-state index contributed by atoms with van der Waals surface area (Å²) < 4.78 is 24.9. The number of carbonyl (C=O) groups is 1. The number of hydrogen-bond donors (Lipinski definition) is 2. The standard InChI is InChI=1S/C14H14ClF2N3O/c1-2-10(8-3-5-9(15)6-4-8)18-14(21)12-7-11(13(16)17)19-20-12/h3-7,10,13H,2H2,1H3,(H,18,21)(H,19,20). The van der Waals surface area contributed by atoms with Gasteiger partial charge in [-0.05, 0) is 30.2 Å². The fraction of sp³-hybridized carbons (Fsp3) is 0.286. The van der Waals surface area contributed by atoms with Crippen LogP contribution in [0.3, 0.4) is 0 Å². The Balaban J connectivity index is 2.10. The predicted molar refractivity (Wildman–Crippen MR) is 75.5 cm³/mol. The molecule has 2 rings (SSSR count). The number of carbonyl (C=O) groups excluding carboxylic acids is 1. The monoisotopic (exact) mass is 313 g/mol. The van der Waals surface area contributed by atoms with Crippen molar-refractivity contribution in [3.05, 3.63) is 52.3 Å². The molecule has 1 aromatic carbocycles. The van der Waals surface area contributed by atoms with Crippen LogP contribution in [0, 0.1) is 0 Å². The van der Waals surface area contributed by atoms with E-state index in [1.54, 1.807) is 12.1 Å². The number of alkyl halides is 2. The van der Waals surface area contributed by atoms with E-state index in [2.05, 4.69) is 15.5 Å². The average Bonchev–Trinajstić information content (AvgIpc) is 2.96. The van der Waals surface area contributed by atoms with Gasteiger partial charge in [-0.1, -0.05) is 30.7 Å². The van der Waals surface area contributed by atoms with E-state index in [0.29, 0.717) is 11.4 Å². The molecule has 1 unspecified atom stereocenters. The first-order chi connectivity index (χ1) is 10.0. The molecule has 21 heavy (non-hydrogen) atoms. The number of hydrogen-bond acceptors (Lipinski definition) is 2. The zero-order chi connectivity index (χ0) is 15.4. The van der Waals surface area contributed by atoms with Crippen molar-refractivity contribution >= 4 is 17.5 Å². The smallest absolute Gasteiger partial charge is 0.279 e. The van der Waals surface area contributed by atoms with E-state index >= 15 is 0 Å². The largest absolute Gasteiger partial charge is 0.344 e. The van der Waals surface area contributed by atoms with Crippen LogP contribution in [-0.2, 0) is 0 Å². The SMILES string of the molecule is CCC(NC(=O)c1cc(C(F)F)[nH]n1)c1ccc(Cl)cc1. The molecule has 0 spiro atoms. The van der Waals surface area contributed by atoms with Gasteiger partial charge in [-0.15, -0.1) is 0 Å². The lowest BCUT2D eigenvalue weighted by atomic mass is 10.0. The minimum Gasteiger partial charge on any atom is -0.344 e. The summed E-state index contributed by atoms with van der Waals surface area (Å²) in [5.41, 5.74) is 0.456. The van der Waals surface area contributed by atoms with Gasteiger partial charge in [-0.3, -0.25) is 9.89 Å². The van der Waals surface area contributed by atoms with Crippen molar-refractivity contribution in [3.8, 4) is 0 Å². The first kappa shape index (κ1) is 15.4. The minimum atomic E-state index is -2.68. The van der Waals surface area contributed by atoms with Crippen LogP contribution in [0.2, 0.25) is 5.02 Å². The molecule has 2 aromatic rings. The van der Waals surface area contributed by atoms with Gasteiger partial charge in [0.1, 0.15) is 11.4 Å². The molecule has 0 fully saturated rings. The van der Waals surface area contributed by atoms with Crippen molar-refractivity contribution in [1.29, 1.82) is 0 Å². The van der Waals surface area contributed by atoms with E-state index in [-0.39, 0.29) is 17.4 Å². The number of amides is 1. The van der Waals surface area contributed by atoms with Crippen LogP contribution in [-0.4, -0.2) is 16.1 Å². The minimum absolute atomic E-state index is 0.0577. The first-order valence-electron chi connectivity index (χ1n) is 6.41. The van der Waals surface area contributed by atoms with E-state index in [9.17, 15) is 13.6 Å². The molecule has 0 aliphatic carbocycles. The van der Waals surface area contributed by atoms with E-state index < -0.39 is 12.3 Å². The zero-order valence-electron chi connectivity index (χ0n) is 11.2. The van der Waals surface area contributed by atoms with Gasteiger partial charge in [-0.2, -0.15) is 5.10 Å². The predicted octanol–water partition coefficient (Wildman–Crippen LogP) is 3.88. The molecule has 0 saturated heterocycles. The van der Waals surface area contributed by atoms with Crippen molar-refractivity contribution < 1.29 is 13.6 Å². The Labute approximate surface area is 125 Å². The Kier molecular flexibility index (Phi) is 4.90. The topological polar surface area (TPSA) is 57.8 Å². The molecule has 0 aliphatic rings. The highest BCUT2D eigenvalue weighted by Gasteiger charge is 2.18. The van der Waals surface area contributed by atoms with Crippen LogP contribution >= 0.6 is 11.6 Å². The summed E-state index contributed by atoms with van der Waals surface area (Å²) in [5, 5.41) is 9.11. The van der Waals surface area contributed by atoms with Crippen LogP contribution in [0.1, 0.15) is 47.6 Å². The van der Waals surface area contributed by atoms with Crippen molar-refractivity contribution in [3.63, 3.8) is 0 Å². The van der Waals surface area contributed by atoms with E-state index in [0.717, 1.165) is 11.6 Å². The van der Waals surface area contributed by atoms with E-state index in [1.165, 1.54) is 0 Å². The number of nitrogens with zero attached hydrogens (tertiary/aromatic N) is 1. The molecular weight excluding hydrogens is 300 g/mol. The van der Waals surface area contributed by atoms with Crippen molar-refractivity contribution in [2.45, 2.75) is 25.8 Å². The molecule has 1 aromatic heterocycles. The normalized spacial score (nSPS) is 12.4. The quantitative estimate of drug-likeness (QED) is 0.880. The molecule has 0 radical (unpaired) electrons. The summed E-state index contributed by atoms with van der Waals surface area (Å²) in [5.74, 6) is -0.500. The third kappa shape index (κ3) is 3.78. The highest BCUT2D eigenvalue weighted by atomic mass is 35.5. The molecular formula is C14H14ClF2N3O. The summed E-state index contributed by atoms with van der Waals surface area (Å²) in [6.07, 6.45) is -2.03. The van der Waals surface area contributed by atoms with Crippen LogP contribution in [0.25, 0.3) is 0 Å². The van der Waals surface area contributed by atoms with Gasteiger partial charge < -0.3 is 5.32 Å². The second kappa shape index (κ2) is 6.67. The molecule has 2 N–H and O–H groups in total. The molecule has 112 valence electrons. The Morgan fingerprint density at radius 2 is 2.05 bits per heavy atom. The fourth-order valence-electron chi connectivity index (χ4n) is 1.91. The van der Waals surface area contributed by atoms with Crippen molar-refractivity contribution in [2.75, 3.05) is 0 Å². The van der Waals surface area contributed by atoms with Crippen molar-refractivity contribution in [2.24, 2.45) is 0 Å². The lowest BCUT2D eigenvalue weighted by molar-refractivity contribution is 0.0930. The maximum Gasteiger partial charge on any atom is 0.279 e. The number of halogens is 3. The van der Waals surface area contributed by atoms with E-state index in [4.69, 9.17) is 11.6 Å². The number of aromatic amines is 1. The molecule has 7 heteroatoms. The van der Waals surface area contributed by atoms with Gasteiger partial charge in [0.2, 0.25) is 0 Å². The Hall–Kier alpha value is -1.95. The van der Waals surface area contributed by atoms with Crippen molar-refractivity contribution in [1.82, 2.24) is 15.5 Å². The van der Waals surface area contributed by atoms with Crippen LogP contribution in [0.5, 0.6) is 0 Å². The highest BCUT2D eigenvalue weighted by Crippen LogP contribution is 2.20. The third-order valence-electron chi connectivity index (χ3n) is 3.05. The second-order valence-electron chi connectivity index (χ2n) is 4.50. The summed E-state index contributed by atoms with van der Waals surface area (Å²) >= 11 is 5.82. The molecule has 4 nitrogen and oxygen atoms in total. The van der Waals surface area contributed by atoms with Gasteiger partial charge >= 0.3 is 0 Å². The number of rotatable bonds is 5. The molecule has 1 heterocycles. The maximum atomic E-state index is 12.5. The lowest BCUT2D eigenvalue weighted by Crippen LogP contribution is -2.28. The number of nitrogens with one attached hydrogen (secondary N) is 2. The van der Waals surface area contributed by atoms with Crippen LogP contribution < -0.4 is 5.32 Å². The summed E-state index contributed by atoms with van der Waals surface area (Å²) in [6, 6.07) is 7.90. The second-order valence-corrected chi connectivity index (χ2v) is 4.93. The molecule has 1 atom stereocenters. The fourth-order valence-corrected chi connectivity index (χ4v) is 2.04. The molecule has 0 aliphatic heterocycles. The third-order valence-corrected chi connectivity index (χ3v) is 3.30. The zero-order valence-corrected chi connectivity index (χ0v) is 12.0. The van der Waals surface area contributed by atoms with Crippen LogP contribution in [0.4, 0.5) is 8.78 Å². The molecule has 1 amide bonds. The number of aromatic nitrogens is 2. The summed E-state index contributed by atoms with van der Waals surface area (Å²) in [4.78, 5) is 12.0. The number of benzene rings is 1. The van der Waals surface area contributed by atoms with Gasteiger partial charge in [-0.25, -0.2) is 8.78 Å². The molecule has 0 bridgehead atoms. The van der Waals surface area contributed by atoms with Gasteiger partial charge in [0.15, 0.2) is 0 Å². The van der Waals surface area contributed by atoms with Gasteiger partial charge in [0, 0.05) is 5.02 Å². The highest BCUT2D eigenvalue weighted by molar-refractivity contribution is 6.30.